The van der Waals surface area contributed by atoms with Crippen LogP contribution in [0.5, 0.6) is 0 Å². The number of hydrogen-bond donors (Lipinski definition) is 2. The summed E-state index contributed by atoms with van der Waals surface area (Å²) >= 11 is 1.61. The van der Waals surface area contributed by atoms with Crippen LogP contribution in [-0.4, -0.2) is 51.5 Å². The molecule has 1 aliphatic heterocycles. The second kappa shape index (κ2) is 10.8. The standard InChI is InChI=1S/C23H30N6O3S/c1-5-18-21(33-12-25-18)16-8-6-15(7-9-16)14(4)26-22(31)19-10-17(30)11-29(19)23(32)20(13(2)3)27-28-24/h6-9,12-14,17,19-20,30H,5,10-11H2,1-4H3,(H,26,31)/t14-,17+,19-,20-/m0/s1. The fourth-order valence-corrected chi connectivity index (χ4v) is 4.96. The highest BCUT2D eigenvalue weighted by Crippen LogP contribution is 2.29. The number of likely N-dealkylation sites (tertiary alicyclic amines) is 1. The largest absolute Gasteiger partial charge is 0.391 e. The summed E-state index contributed by atoms with van der Waals surface area (Å²) in [5, 5.41) is 16.7. The molecule has 9 nitrogen and oxygen atoms in total. The van der Waals surface area contributed by atoms with E-state index in [4.69, 9.17) is 5.53 Å². The Morgan fingerprint density at radius 1 is 1.33 bits per heavy atom. The van der Waals surface area contributed by atoms with E-state index in [0.717, 1.165) is 28.1 Å². The van der Waals surface area contributed by atoms with Crippen LogP contribution < -0.4 is 5.32 Å². The first-order valence-corrected chi connectivity index (χ1v) is 12.0. The normalized spacial score (nSPS) is 19.8. The first kappa shape index (κ1) is 24.7. The summed E-state index contributed by atoms with van der Waals surface area (Å²) in [6.07, 6.45) is 0.216. The maximum Gasteiger partial charge on any atom is 0.243 e. The first-order valence-electron chi connectivity index (χ1n) is 11.1. The Balaban J connectivity index is 1.71. The molecule has 1 aromatic carbocycles. The molecule has 10 heteroatoms. The quantitative estimate of drug-likeness (QED) is 0.344. The zero-order valence-corrected chi connectivity index (χ0v) is 20.1. The Bertz CT molecular complexity index is 1030. The number of azide groups is 1. The lowest BCUT2D eigenvalue weighted by molar-refractivity contribution is -0.140. The van der Waals surface area contributed by atoms with E-state index in [-0.39, 0.29) is 30.8 Å². The number of benzene rings is 1. The zero-order chi connectivity index (χ0) is 24.1. The zero-order valence-electron chi connectivity index (χ0n) is 19.3. The number of nitrogens with one attached hydrogen (secondary N) is 1. The third-order valence-electron chi connectivity index (χ3n) is 5.93. The molecule has 1 aromatic heterocycles. The molecule has 1 fully saturated rings. The third-order valence-corrected chi connectivity index (χ3v) is 6.85. The van der Waals surface area contributed by atoms with Crippen LogP contribution in [0.25, 0.3) is 20.9 Å². The minimum Gasteiger partial charge on any atom is -0.391 e. The van der Waals surface area contributed by atoms with Crippen LogP contribution in [0.1, 0.15) is 51.4 Å². The molecule has 0 saturated carbocycles. The lowest BCUT2D eigenvalue weighted by Crippen LogP contribution is -2.50. The number of carbonyl (C=O) groups is 2. The van der Waals surface area contributed by atoms with Crippen LogP contribution in [0.15, 0.2) is 34.9 Å². The van der Waals surface area contributed by atoms with Gasteiger partial charge in [0.25, 0.3) is 0 Å². The van der Waals surface area contributed by atoms with Gasteiger partial charge in [0.2, 0.25) is 11.8 Å². The lowest BCUT2D eigenvalue weighted by Gasteiger charge is -2.28. The first-order chi connectivity index (χ1) is 15.8. The van der Waals surface area contributed by atoms with Crippen LogP contribution >= 0.6 is 11.3 Å². The van der Waals surface area contributed by atoms with Crippen LogP contribution in [0, 0.1) is 5.92 Å². The number of rotatable bonds is 8. The number of aromatic nitrogens is 1. The second-order valence-electron chi connectivity index (χ2n) is 8.62. The highest BCUT2D eigenvalue weighted by Gasteiger charge is 2.41. The number of nitrogens with zero attached hydrogens (tertiary/aromatic N) is 5. The van der Waals surface area contributed by atoms with Crippen LogP contribution in [-0.2, 0) is 16.0 Å². The molecule has 0 unspecified atom stereocenters. The molecule has 2 amide bonds. The van der Waals surface area contributed by atoms with Gasteiger partial charge in [-0.2, -0.15) is 0 Å². The van der Waals surface area contributed by atoms with E-state index in [0.29, 0.717) is 0 Å². The third kappa shape index (κ3) is 5.52. The van der Waals surface area contributed by atoms with Gasteiger partial charge in [-0.05, 0) is 35.9 Å². The van der Waals surface area contributed by atoms with Crippen molar-refractivity contribution in [1.29, 1.82) is 0 Å². The van der Waals surface area contributed by atoms with Crippen LogP contribution in [0.4, 0.5) is 0 Å². The molecule has 1 aliphatic rings. The maximum absolute atomic E-state index is 13.1. The molecule has 2 N–H and O–H groups in total. The van der Waals surface area contributed by atoms with Gasteiger partial charge in [-0.3, -0.25) is 9.59 Å². The topological polar surface area (TPSA) is 131 Å². The van der Waals surface area contributed by atoms with Gasteiger partial charge in [0.15, 0.2) is 0 Å². The molecule has 176 valence electrons. The highest BCUT2D eigenvalue weighted by atomic mass is 32.1. The van der Waals surface area contributed by atoms with E-state index < -0.39 is 24.1 Å². The summed E-state index contributed by atoms with van der Waals surface area (Å²) in [7, 11) is 0. The van der Waals surface area contributed by atoms with Crippen molar-refractivity contribution in [1.82, 2.24) is 15.2 Å². The molecule has 2 heterocycles. The van der Waals surface area contributed by atoms with E-state index in [1.807, 2.05) is 36.7 Å². The Hall–Kier alpha value is -2.94. The molecule has 1 saturated heterocycles. The second-order valence-corrected chi connectivity index (χ2v) is 9.48. The number of amides is 2. The van der Waals surface area contributed by atoms with E-state index in [1.165, 1.54) is 4.90 Å². The summed E-state index contributed by atoms with van der Waals surface area (Å²) in [5.41, 5.74) is 13.7. The van der Waals surface area contributed by atoms with Gasteiger partial charge in [0.1, 0.15) is 12.1 Å². The summed E-state index contributed by atoms with van der Waals surface area (Å²) < 4.78 is 0. The number of thiazole rings is 1. The van der Waals surface area contributed by atoms with Crippen molar-refractivity contribution in [2.24, 2.45) is 11.0 Å². The Morgan fingerprint density at radius 2 is 2.03 bits per heavy atom. The molecule has 4 atom stereocenters. The average molecular weight is 471 g/mol. The van der Waals surface area contributed by atoms with Crippen LogP contribution in [0.3, 0.4) is 0 Å². The van der Waals surface area contributed by atoms with Crippen LogP contribution in [0.2, 0.25) is 0 Å². The molecule has 3 rings (SSSR count). The molecule has 0 spiro atoms. The predicted molar refractivity (Wildman–Crippen MR) is 127 cm³/mol. The minimum absolute atomic E-state index is 0.0405. The Kier molecular flexibility index (Phi) is 8.07. The number of carbonyl (C=O) groups excluding carboxylic acids is 2. The van der Waals surface area contributed by atoms with Gasteiger partial charge in [-0.1, -0.05) is 50.2 Å². The van der Waals surface area contributed by atoms with E-state index in [1.54, 1.807) is 25.2 Å². The Morgan fingerprint density at radius 3 is 2.64 bits per heavy atom. The SMILES string of the molecule is CCc1ncsc1-c1ccc([C@H](C)NC(=O)[C@@H]2C[C@@H](O)CN2C(=O)[C@@H](N=[N+]=[N-])C(C)C)cc1. The Labute approximate surface area is 197 Å². The van der Waals surface area contributed by atoms with Crippen molar-refractivity contribution < 1.29 is 14.7 Å². The molecule has 0 radical (unpaired) electrons. The summed E-state index contributed by atoms with van der Waals surface area (Å²) in [6, 6.07) is 5.98. The highest BCUT2D eigenvalue weighted by molar-refractivity contribution is 7.13. The summed E-state index contributed by atoms with van der Waals surface area (Å²) in [6.45, 7) is 7.55. The van der Waals surface area contributed by atoms with E-state index in [2.05, 4.69) is 27.3 Å². The number of aliphatic hydroxyl groups excluding tert-OH is 1. The fraction of sp³-hybridized carbons (Fsp3) is 0.522. The smallest absolute Gasteiger partial charge is 0.243 e. The van der Waals surface area contributed by atoms with Crippen molar-refractivity contribution in [2.75, 3.05) is 6.54 Å². The number of aliphatic hydroxyl groups is 1. The fourth-order valence-electron chi connectivity index (χ4n) is 4.07. The summed E-state index contributed by atoms with van der Waals surface area (Å²) in [5.74, 6) is -0.998. The van der Waals surface area contributed by atoms with Gasteiger partial charge in [0, 0.05) is 17.9 Å². The van der Waals surface area contributed by atoms with Gasteiger partial charge in [-0.15, -0.1) is 11.3 Å². The summed E-state index contributed by atoms with van der Waals surface area (Å²) in [4.78, 5) is 35.7. The molecule has 0 bridgehead atoms. The average Bonchev–Trinajstić information content (AvgIpc) is 3.43. The monoisotopic (exact) mass is 470 g/mol. The van der Waals surface area contributed by atoms with Crippen molar-refractivity contribution in [3.05, 3.63) is 51.5 Å². The van der Waals surface area contributed by atoms with Crippen molar-refractivity contribution in [3.8, 4) is 10.4 Å². The number of hydrogen-bond acceptors (Lipinski definition) is 6. The molecular formula is C23H30N6O3S. The van der Waals surface area contributed by atoms with Gasteiger partial charge in [0.05, 0.1) is 28.2 Å². The minimum atomic E-state index is -0.916. The molecule has 2 aromatic rings. The van der Waals surface area contributed by atoms with E-state index in [9.17, 15) is 14.7 Å². The van der Waals surface area contributed by atoms with Crippen molar-refractivity contribution in [2.45, 2.75) is 64.8 Å². The van der Waals surface area contributed by atoms with Gasteiger partial charge >= 0.3 is 0 Å². The number of aryl methyl sites for hydroxylation is 1. The molecule has 33 heavy (non-hydrogen) atoms. The maximum atomic E-state index is 13.1. The number of β-amino-alcohol motifs (C(OH)–C–C–N with tert-alkyl or cyclic N) is 1. The molecule has 0 aliphatic carbocycles. The van der Waals surface area contributed by atoms with E-state index >= 15 is 0 Å². The lowest BCUT2D eigenvalue weighted by atomic mass is 10.0. The van der Waals surface area contributed by atoms with Gasteiger partial charge < -0.3 is 15.3 Å². The predicted octanol–water partition coefficient (Wildman–Crippen LogP) is 3.85. The van der Waals surface area contributed by atoms with Gasteiger partial charge in [-0.25, -0.2) is 4.98 Å². The molecular weight excluding hydrogens is 440 g/mol. The van der Waals surface area contributed by atoms with Crippen molar-refractivity contribution in [3.63, 3.8) is 0 Å². The van der Waals surface area contributed by atoms with Crippen molar-refractivity contribution >= 4 is 23.2 Å².